The van der Waals surface area contributed by atoms with Crippen molar-refractivity contribution in [2.24, 2.45) is 0 Å². The highest BCUT2D eigenvalue weighted by Crippen LogP contribution is 2.05. The molecule has 1 heterocycles. The third-order valence-electron chi connectivity index (χ3n) is 1.55. The van der Waals surface area contributed by atoms with Crippen molar-refractivity contribution in [1.82, 2.24) is 15.2 Å². The first-order valence-corrected chi connectivity index (χ1v) is 3.98. The maximum atomic E-state index is 11.2. The van der Waals surface area contributed by atoms with Gasteiger partial charge in [-0.25, -0.2) is 14.6 Å². The summed E-state index contributed by atoms with van der Waals surface area (Å²) in [5, 5.41) is 7.09. The van der Waals surface area contributed by atoms with E-state index in [1.807, 2.05) is 0 Å². The number of methoxy groups -OCH3 is 2. The molecule has 1 aromatic heterocycles. The van der Waals surface area contributed by atoms with Crippen LogP contribution in [0, 0.1) is 6.92 Å². The molecule has 0 aromatic carbocycles. The smallest absolute Gasteiger partial charge is 0.361 e. The summed E-state index contributed by atoms with van der Waals surface area (Å²) < 4.78 is 8.87. The molecule has 1 aromatic rings. The van der Waals surface area contributed by atoms with Gasteiger partial charge < -0.3 is 9.47 Å². The van der Waals surface area contributed by atoms with Crippen LogP contribution < -0.4 is 0 Å². The zero-order valence-electron chi connectivity index (χ0n) is 8.47. The van der Waals surface area contributed by atoms with E-state index in [1.54, 1.807) is 6.92 Å². The van der Waals surface area contributed by atoms with Gasteiger partial charge in [0, 0.05) is 0 Å². The van der Waals surface area contributed by atoms with E-state index in [1.165, 1.54) is 14.2 Å². The highest BCUT2D eigenvalue weighted by Gasteiger charge is 2.22. The second kappa shape index (κ2) is 4.45. The maximum absolute atomic E-state index is 11.2. The lowest BCUT2D eigenvalue weighted by atomic mass is 10.3. The van der Waals surface area contributed by atoms with Gasteiger partial charge in [0.15, 0.2) is 5.69 Å². The van der Waals surface area contributed by atoms with Gasteiger partial charge in [-0.2, -0.15) is 0 Å². The third kappa shape index (κ3) is 2.25. The Bertz CT molecular complexity index is 405. The Labute approximate surface area is 85.4 Å². The number of esters is 2. The van der Waals surface area contributed by atoms with Crippen LogP contribution >= 0.6 is 0 Å². The van der Waals surface area contributed by atoms with E-state index in [2.05, 4.69) is 24.7 Å². The number of rotatable bonds is 2. The predicted molar refractivity (Wildman–Crippen MR) is 47.2 cm³/mol. The van der Waals surface area contributed by atoms with E-state index in [-0.39, 0.29) is 17.2 Å². The van der Waals surface area contributed by atoms with Crippen LogP contribution in [0.2, 0.25) is 0 Å². The molecule has 0 fully saturated rings. The van der Waals surface area contributed by atoms with Crippen molar-refractivity contribution >= 4 is 11.9 Å². The first-order valence-electron chi connectivity index (χ1n) is 3.98. The number of aryl methyl sites for hydroxylation is 1. The Morgan fingerprint density at radius 2 is 1.53 bits per heavy atom. The number of nitrogens with zero attached hydrogens (tertiary/aromatic N) is 3. The van der Waals surface area contributed by atoms with E-state index in [0.29, 0.717) is 0 Å². The van der Waals surface area contributed by atoms with Gasteiger partial charge in [0.25, 0.3) is 0 Å². The molecule has 0 amide bonds. The fourth-order valence-corrected chi connectivity index (χ4v) is 0.880. The number of aromatic nitrogens is 3. The van der Waals surface area contributed by atoms with Gasteiger partial charge in [0.2, 0.25) is 5.69 Å². The number of hydrogen-bond donors (Lipinski definition) is 0. The summed E-state index contributed by atoms with van der Waals surface area (Å²) in [6.45, 7) is 1.54. The van der Waals surface area contributed by atoms with Crippen molar-refractivity contribution in [3.8, 4) is 0 Å². The summed E-state index contributed by atoms with van der Waals surface area (Å²) >= 11 is 0. The van der Waals surface area contributed by atoms with E-state index in [4.69, 9.17) is 0 Å². The van der Waals surface area contributed by atoms with Crippen LogP contribution in [0.3, 0.4) is 0 Å². The van der Waals surface area contributed by atoms with Crippen LogP contribution in [0.4, 0.5) is 0 Å². The van der Waals surface area contributed by atoms with Crippen LogP contribution in [0.25, 0.3) is 0 Å². The molecule has 0 aliphatic rings. The molecule has 0 spiro atoms. The number of carbonyl (C=O) groups is 2. The number of ether oxygens (including phenoxy) is 2. The molecule has 0 atom stereocenters. The molecule has 0 N–H and O–H groups in total. The van der Waals surface area contributed by atoms with E-state index < -0.39 is 11.9 Å². The van der Waals surface area contributed by atoms with E-state index >= 15 is 0 Å². The van der Waals surface area contributed by atoms with Gasteiger partial charge in [0.1, 0.15) is 5.82 Å². The van der Waals surface area contributed by atoms with Crippen molar-refractivity contribution < 1.29 is 19.1 Å². The average molecular weight is 211 g/mol. The lowest BCUT2D eigenvalue weighted by molar-refractivity contribution is 0.0542. The molecule has 0 aliphatic heterocycles. The summed E-state index contributed by atoms with van der Waals surface area (Å²) in [5.74, 6) is -1.27. The molecule has 15 heavy (non-hydrogen) atoms. The van der Waals surface area contributed by atoms with Gasteiger partial charge in [0.05, 0.1) is 14.2 Å². The fraction of sp³-hybridized carbons (Fsp3) is 0.375. The number of hydrogen-bond acceptors (Lipinski definition) is 7. The van der Waals surface area contributed by atoms with Crippen LogP contribution in [-0.4, -0.2) is 41.3 Å². The lowest BCUT2D eigenvalue weighted by Crippen LogP contribution is -2.18. The molecule has 0 aliphatic carbocycles. The zero-order valence-corrected chi connectivity index (χ0v) is 8.47. The van der Waals surface area contributed by atoms with Crippen LogP contribution in [0.5, 0.6) is 0 Å². The monoisotopic (exact) mass is 211 g/mol. The van der Waals surface area contributed by atoms with Gasteiger partial charge in [-0.15, -0.1) is 10.2 Å². The van der Waals surface area contributed by atoms with E-state index in [9.17, 15) is 9.59 Å². The van der Waals surface area contributed by atoms with Crippen molar-refractivity contribution in [1.29, 1.82) is 0 Å². The maximum Gasteiger partial charge on any atom is 0.361 e. The Morgan fingerprint density at radius 3 is 2.07 bits per heavy atom. The third-order valence-corrected chi connectivity index (χ3v) is 1.55. The number of carbonyl (C=O) groups excluding carboxylic acids is 2. The first-order chi connectivity index (χ1) is 7.10. The highest BCUT2D eigenvalue weighted by molar-refractivity contribution is 5.99. The van der Waals surface area contributed by atoms with Crippen molar-refractivity contribution in [2.45, 2.75) is 6.92 Å². The van der Waals surface area contributed by atoms with Crippen molar-refractivity contribution in [3.63, 3.8) is 0 Å². The normalized spacial score (nSPS) is 9.53. The van der Waals surface area contributed by atoms with Gasteiger partial charge in [-0.1, -0.05) is 0 Å². The van der Waals surface area contributed by atoms with Gasteiger partial charge in [-0.05, 0) is 6.92 Å². The van der Waals surface area contributed by atoms with Gasteiger partial charge >= 0.3 is 11.9 Å². The molecular formula is C8H9N3O4. The average Bonchev–Trinajstić information content (AvgIpc) is 2.26. The molecular weight excluding hydrogens is 202 g/mol. The lowest BCUT2D eigenvalue weighted by Gasteiger charge is -2.03. The molecule has 7 heteroatoms. The molecule has 0 unspecified atom stereocenters. The molecule has 80 valence electrons. The zero-order chi connectivity index (χ0) is 11.4. The second-order valence-corrected chi connectivity index (χ2v) is 2.54. The van der Waals surface area contributed by atoms with E-state index in [0.717, 1.165) is 0 Å². The topological polar surface area (TPSA) is 91.3 Å². The van der Waals surface area contributed by atoms with Gasteiger partial charge in [-0.3, -0.25) is 0 Å². The minimum atomic E-state index is -0.782. The summed E-state index contributed by atoms with van der Waals surface area (Å²) in [6, 6.07) is 0. The SMILES string of the molecule is COC(=O)c1nnc(C)nc1C(=O)OC. The van der Waals surface area contributed by atoms with Crippen molar-refractivity contribution in [3.05, 3.63) is 17.2 Å². The molecule has 0 bridgehead atoms. The summed E-state index contributed by atoms with van der Waals surface area (Å²) in [7, 11) is 2.35. The molecule has 7 nitrogen and oxygen atoms in total. The molecule has 0 saturated carbocycles. The quantitative estimate of drug-likeness (QED) is 0.623. The highest BCUT2D eigenvalue weighted by atomic mass is 16.5. The first kappa shape index (κ1) is 11.0. The Hall–Kier alpha value is -2.05. The summed E-state index contributed by atoms with van der Waals surface area (Å²) in [5.41, 5.74) is -0.452. The molecule has 0 radical (unpaired) electrons. The predicted octanol–water partition coefficient (Wildman–Crippen LogP) is -0.247. The van der Waals surface area contributed by atoms with Crippen LogP contribution in [0.1, 0.15) is 26.8 Å². The minimum absolute atomic E-state index is 0.197. The van der Waals surface area contributed by atoms with Crippen LogP contribution in [0.15, 0.2) is 0 Å². The minimum Gasteiger partial charge on any atom is -0.464 e. The summed E-state index contributed by atoms with van der Waals surface area (Å²) in [6.07, 6.45) is 0. The Kier molecular flexibility index (Phi) is 3.27. The molecule has 0 saturated heterocycles. The standard InChI is InChI=1S/C8H9N3O4/c1-4-9-5(7(12)14-2)6(11-10-4)8(13)15-3/h1-3H3. The second-order valence-electron chi connectivity index (χ2n) is 2.54. The fourth-order valence-electron chi connectivity index (χ4n) is 0.880. The molecule has 1 rings (SSSR count). The summed E-state index contributed by atoms with van der Waals surface area (Å²) in [4.78, 5) is 26.2. The van der Waals surface area contributed by atoms with Crippen molar-refractivity contribution in [2.75, 3.05) is 14.2 Å². The Morgan fingerprint density at radius 1 is 1.00 bits per heavy atom. The van der Waals surface area contributed by atoms with Crippen LogP contribution in [-0.2, 0) is 9.47 Å². The Balaban J connectivity index is 3.26. The largest absolute Gasteiger partial charge is 0.464 e.